The highest BCUT2D eigenvalue weighted by Gasteiger charge is 2.21. The number of halogens is 2. The van der Waals surface area contributed by atoms with Crippen molar-refractivity contribution < 1.29 is 23.8 Å². The van der Waals surface area contributed by atoms with Crippen LogP contribution in [0.4, 0.5) is 0 Å². The fraction of sp³-hybridized carbons (Fsp3) is 0.111. The van der Waals surface area contributed by atoms with Crippen LogP contribution >= 0.6 is 34.5 Å². The van der Waals surface area contributed by atoms with Crippen molar-refractivity contribution in [3.63, 3.8) is 0 Å². The molecule has 0 spiro atoms. The second kappa shape index (κ2) is 6.79. The molecule has 0 fully saturated rings. The van der Waals surface area contributed by atoms with Crippen molar-refractivity contribution >= 4 is 56.4 Å². The van der Waals surface area contributed by atoms with Crippen LogP contribution in [0.25, 0.3) is 10.1 Å². The lowest BCUT2D eigenvalue weighted by molar-refractivity contribution is 0.0480. The molecule has 0 saturated carbocycles. The summed E-state index contributed by atoms with van der Waals surface area (Å²) in [6.45, 7) is -0.278. The van der Waals surface area contributed by atoms with Crippen LogP contribution < -0.4 is 9.47 Å². The molecule has 5 nitrogen and oxygen atoms in total. The van der Waals surface area contributed by atoms with Gasteiger partial charge in [-0.2, -0.15) is 0 Å². The number of thiophene rings is 1. The summed E-state index contributed by atoms with van der Waals surface area (Å²) < 4.78 is 16.3. The van der Waals surface area contributed by atoms with E-state index in [1.165, 1.54) is 11.3 Å². The van der Waals surface area contributed by atoms with Gasteiger partial charge in [-0.05, 0) is 30.3 Å². The minimum atomic E-state index is -0.651. The van der Waals surface area contributed by atoms with Crippen LogP contribution in [-0.2, 0) is 4.74 Å². The third-order valence-corrected chi connectivity index (χ3v) is 5.68. The Morgan fingerprint density at radius 1 is 1.08 bits per heavy atom. The van der Waals surface area contributed by atoms with Gasteiger partial charge in [-0.1, -0.05) is 29.3 Å². The van der Waals surface area contributed by atoms with Crippen LogP contribution in [-0.4, -0.2) is 25.2 Å². The van der Waals surface area contributed by atoms with Crippen molar-refractivity contribution in [2.75, 3.05) is 13.4 Å². The van der Waals surface area contributed by atoms with E-state index in [0.717, 1.165) is 10.1 Å². The number of ketones is 1. The van der Waals surface area contributed by atoms with Crippen molar-refractivity contribution in [3.05, 3.63) is 56.9 Å². The fourth-order valence-corrected chi connectivity index (χ4v) is 4.20. The van der Waals surface area contributed by atoms with E-state index in [1.807, 2.05) is 0 Å². The molecule has 26 heavy (non-hydrogen) atoms. The van der Waals surface area contributed by atoms with Crippen molar-refractivity contribution in [2.24, 2.45) is 0 Å². The number of ether oxygens (including phenoxy) is 3. The largest absolute Gasteiger partial charge is 0.454 e. The minimum Gasteiger partial charge on any atom is -0.454 e. The number of hydrogen-bond acceptors (Lipinski definition) is 6. The monoisotopic (exact) mass is 408 g/mol. The Hall–Kier alpha value is -2.28. The maximum atomic E-state index is 12.3. The third-order valence-electron chi connectivity index (χ3n) is 3.81. The van der Waals surface area contributed by atoms with Gasteiger partial charge < -0.3 is 14.2 Å². The molecule has 3 aromatic rings. The van der Waals surface area contributed by atoms with Gasteiger partial charge in [-0.3, -0.25) is 4.79 Å². The smallest absolute Gasteiger partial charge is 0.350 e. The van der Waals surface area contributed by atoms with Gasteiger partial charge in [-0.25, -0.2) is 4.79 Å². The maximum Gasteiger partial charge on any atom is 0.350 e. The number of benzene rings is 2. The second-order valence-corrected chi connectivity index (χ2v) is 7.32. The lowest BCUT2D eigenvalue weighted by Gasteiger charge is -2.04. The molecule has 1 aliphatic heterocycles. The number of hydrogen-bond donors (Lipinski definition) is 0. The molecule has 8 heteroatoms. The van der Waals surface area contributed by atoms with Crippen LogP contribution in [0, 0.1) is 0 Å². The molecule has 0 saturated heterocycles. The first-order valence-corrected chi connectivity index (χ1v) is 9.07. The molecule has 2 heterocycles. The summed E-state index contributed by atoms with van der Waals surface area (Å²) in [4.78, 5) is 24.8. The molecule has 0 unspecified atom stereocenters. The molecule has 132 valence electrons. The normalized spacial score (nSPS) is 12.4. The Morgan fingerprint density at radius 3 is 2.73 bits per heavy atom. The van der Waals surface area contributed by atoms with Crippen molar-refractivity contribution in [1.29, 1.82) is 0 Å². The Balaban J connectivity index is 1.48. The molecule has 4 rings (SSSR count). The van der Waals surface area contributed by atoms with Crippen LogP contribution in [0.5, 0.6) is 11.5 Å². The van der Waals surface area contributed by atoms with Crippen LogP contribution in [0.3, 0.4) is 0 Å². The average molecular weight is 409 g/mol. The summed E-state index contributed by atoms with van der Waals surface area (Å²) in [6, 6.07) is 9.96. The zero-order chi connectivity index (χ0) is 18.3. The second-order valence-electron chi connectivity index (χ2n) is 5.45. The van der Waals surface area contributed by atoms with Crippen LogP contribution in [0.1, 0.15) is 20.0 Å². The summed E-state index contributed by atoms with van der Waals surface area (Å²) in [5.74, 6) is 0.0687. The summed E-state index contributed by atoms with van der Waals surface area (Å²) in [6.07, 6.45) is 0. The van der Waals surface area contributed by atoms with Crippen LogP contribution in [0.15, 0.2) is 36.4 Å². The van der Waals surface area contributed by atoms with E-state index in [2.05, 4.69) is 0 Å². The minimum absolute atomic E-state index is 0.121. The lowest BCUT2D eigenvalue weighted by atomic mass is 10.1. The summed E-state index contributed by atoms with van der Waals surface area (Å²) in [5, 5.41) is 1.56. The molecule has 0 aliphatic carbocycles. The predicted octanol–water partition coefficient (Wildman–Crippen LogP) is 4.98. The predicted molar refractivity (Wildman–Crippen MR) is 99.0 cm³/mol. The number of fused-ring (bicyclic) bond motifs is 2. The Morgan fingerprint density at radius 2 is 1.88 bits per heavy atom. The van der Waals surface area contributed by atoms with Crippen molar-refractivity contribution in [1.82, 2.24) is 0 Å². The van der Waals surface area contributed by atoms with E-state index < -0.39 is 12.6 Å². The van der Waals surface area contributed by atoms with Gasteiger partial charge in [0, 0.05) is 20.7 Å². The van der Waals surface area contributed by atoms with E-state index in [0.29, 0.717) is 27.1 Å². The number of Topliss-reactive ketones (excluding diaryl/α,β-unsaturated/α-hetero) is 1. The van der Waals surface area contributed by atoms with Gasteiger partial charge >= 0.3 is 5.97 Å². The highest BCUT2D eigenvalue weighted by molar-refractivity contribution is 7.21. The zero-order valence-corrected chi connectivity index (χ0v) is 15.4. The first kappa shape index (κ1) is 17.1. The van der Waals surface area contributed by atoms with E-state index in [-0.39, 0.29) is 17.5 Å². The molecule has 0 N–H and O–H groups in total. The van der Waals surface area contributed by atoms with Crippen molar-refractivity contribution in [2.45, 2.75) is 0 Å². The van der Waals surface area contributed by atoms with Crippen LogP contribution in [0.2, 0.25) is 10.0 Å². The molecular formula is C18H10Cl2O5S. The molecule has 1 aliphatic rings. The first-order valence-electron chi connectivity index (χ1n) is 7.50. The van der Waals surface area contributed by atoms with E-state index in [9.17, 15) is 9.59 Å². The first-order chi connectivity index (χ1) is 12.5. The number of carbonyl (C=O) groups excluding carboxylic acids is 2. The summed E-state index contributed by atoms with van der Waals surface area (Å²) >= 11 is 13.4. The number of esters is 1. The molecule has 0 atom stereocenters. The molecule has 1 aromatic heterocycles. The molecular weight excluding hydrogens is 399 g/mol. The zero-order valence-electron chi connectivity index (χ0n) is 13.1. The Bertz CT molecular complexity index is 1040. The number of rotatable bonds is 4. The average Bonchev–Trinajstić information content (AvgIpc) is 3.23. The van der Waals surface area contributed by atoms with Gasteiger partial charge in [-0.15, -0.1) is 11.3 Å². The lowest BCUT2D eigenvalue weighted by Crippen LogP contribution is -2.13. The molecule has 0 radical (unpaired) electrons. The SMILES string of the molecule is O=C(COC(=O)c1sc2cc(Cl)ccc2c1Cl)c1ccc2c(c1)OCO2. The van der Waals surface area contributed by atoms with Crippen molar-refractivity contribution in [3.8, 4) is 11.5 Å². The standard InChI is InChI=1S/C18H10Cl2O5S/c19-10-2-3-11-15(6-10)26-17(16(11)20)18(22)23-7-12(21)9-1-4-13-14(5-9)25-8-24-13/h1-6H,7-8H2. The topological polar surface area (TPSA) is 61.8 Å². The molecule has 0 amide bonds. The van der Waals surface area contributed by atoms with E-state index >= 15 is 0 Å². The number of carbonyl (C=O) groups is 2. The van der Waals surface area contributed by atoms with Gasteiger partial charge in [0.2, 0.25) is 6.79 Å². The highest BCUT2D eigenvalue weighted by atomic mass is 35.5. The third kappa shape index (κ3) is 3.11. The fourth-order valence-electron chi connectivity index (χ4n) is 2.52. The Kier molecular flexibility index (Phi) is 4.48. The van der Waals surface area contributed by atoms with E-state index in [4.69, 9.17) is 37.4 Å². The highest BCUT2D eigenvalue weighted by Crippen LogP contribution is 2.37. The van der Waals surface area contributed by atoms with Gasteiger partial charge in [0.25, 0.3) is 0 Å². The quantitative estimate of drug-likeness (QED) is 0.450. The van der Waals surface area contributed by atoms with Gasteiger partial charge in [0.05, 0.1) is 5.02 Å². The molecule has 2 aromatic carbocycles. The molecule has 0 bridgehead atoms. The summed E-state index contributed by atoms with van der Waals surface area (Å²) in [5.41, 5.74) is 0.372. The Labute approximate surface area is 162 Å². The maximum absolute atomic E-state index is 12.3. The van der Waals surface area contributed by atoms with Gasteiger partial charge in [0.15, 0.2) is 23.9 Å². The summed E-state index contributed by atoms with van der Waals surface area (Å²) in [7, 11) is 0. The van der Waals surface area contributed by atoms with E-state index in [1.54, 1.807) is 36.4 Å². The van der Waals surface area contributed by atoms with Gasteiger partial charge in [0.1, 0.15) is 4.88 Å².